The van der Waals surface area contributed by atoms with Crippen molar-refractivity contribution in [2.45, 2.75) is 27.7 Å². The molecule has 0 unspecified atom stereocenters. The number of hydrazone groups is 1. The maximum absolute atomic E-state index is 5.46. The number of nitrogens with zero attached hydrogens (tertiary/aromatic N) is 2. The van der Waals surface area contributed by atoms with Crippen LogP contribution in [0.1, 0.15) is 29.2 Å². The van der Waals surface area contributed by atoms with E-state index in [2.05, 4.69) is 48.4 Å². The monoisotopic (exact) mass is 395 g/mol. The van der Waals surface area contributed by atoms with Crippen molar-refractivity contribution in [3.8, 4) is 22.8 Å². The fourth-order valence-electron chi connectivity index (χ4n) is 3.40. The Kier molecular flexibility index (Phi) is 5.99. The normalized spacial score (nSPS) is 11.4. The van der Waals surface area contributed by atoms with E-state index in [1.165, 1.54) is 33.6 Å². The molecule has 1 heterocycles. The molecule has 0 aliphatic heterocycles. The van der Waals surface area contributed by atoms with E-state index >= 15 is 0 Å². The average Bonchev–Trinajstić information content (AvgIpc) is 3.14. The van der Waals surface area contributed by atoms with Gasteiger partial charge >= 0.3 is 0 Å². The summed E-state index contributed by atoms with van der Waals surface area (Å²) in [6, 6.07) is 10.0. The molecule has 0 bridgehead atoms. The van der Waals surface area contributed by atoms with E-state index in [1.807, 2.05) is 30.5 Å². The third-order valence-corrected chi connectivity index (χ3v) is 5.29. The first kappa shape index (κ1) is 19.9. The molecular formula is C22H25N3O2S. The van der Waals surface area contributed by atoms with Crippen molar-refractivity contribution in [3.63, 3.8) is 0 Å². The lowest BCUT2D eigenvalue weighted by Gasteiger charge is -2.11. The maximum Gasteiger partial charge on any atom is 0.203 e. The highest BCUT2D eigenvalue weighted by atomic mass is 32.1. The topological polar surface area (TPSA) is 55.7 Å². The Morgan fingerprint density at radius 1 is 1.04 bits per heavy atom. The molecule has 28 heavy (non-hydrogen) atoms. The Morgan fingerprint density at radius 3 is 2.39 bits per heavy atom. The lowest BCUT2D eigenvalue weighted by atomic mass is 9.97. The molecule has 0 saturated carbocycles. The summed E-state index contributed by atoms with van der Waals surface area (Å²) in [5.74, 6) is 1.51. The van der Waals surface area contributed by atoms with Crippen LogP contribution in [0, 0.1) is 20.8 Å². The number of hydrogen-bond acceptors (Lipinski definition) is 6. The van der Waals surface area contributed by atoms with Gasteiger partial charge in [-0.25, -0.2) is 4.98 Å². The van der Waals surface area contributed by atoms with Gasteiger partial charge in [0.25, 0.3) is 0 Å². The number of aromatic nitrogens is 1. The largest absolute Gasteiger partial charge is 0.497 e. The molecule has 0 aliphatic carbocycles. The standard InChI is InChI=1S/C22H25N3O2S/c1-13-9-14(2)21(15(3)10-13)16(4)24-25-22-23-19(12-28-22)18-11-17(26-5)7-8-20(18)27-6/h7-12H,1-6H3,(H,23,25)/b24-16+. The van der Waals surface area contributed by atoms with Crippen LogP contribution < -0.4 is 14.9 Å². The number of thiazole rings is 1. The van der Waals surface area contributed by atoms with Crippen LogP contribution in [0.3, 0.4) is 0 Å². The van der Waals surface area contributed by atoms with Crippen LogP contribution in [0.2, 0.25) is 0 Å². The van der Waals surface area contributed by atoms with Crippen molar-refractivity contribution in [2.75, 3.05) is 19.6 Å². The second kappa shape index (κ2) is 8.44. The molecular weight excluding hydrogens is 370 g/mol. The van der Waals surface area contributed by atoms with E-state index in [0.29, 0.717) is 0 Å². The summed E-state index contributed by atoms with van der Waals surface area (Å²) in [5.41, 5.74) is 10.6. The molecule has 5 nitrogen and oxygen atoms in total. The second-order valence-electron chi connectivity index (χ2n) is 6.69. The number of rotatable bonds is 6. The SMILES string of the molecule is COc1ccc(OC)c(-c2csc(N/N=C(\C)c3c(C)cc(C)cc3C)n2)c1. The minimum atomic E-state index is 0.724. The zero-order chi connectivity index (χ0) is 20.3. The summed E-state index contributed by atoms with van der Waals surface area (Å²) in [5, 5.41) is 7.26. The predicted molar refractivity (Wildman–Crippen MR) is 117 cm³/mol. The number of hydrogen-bond donors (Lipinski definition) is 1. The fourth-order valence-corrected chi connectivity index (χ4v) is 4.05. The molecule has 3 rings (SSSR count). The maximum atomic E-state index is 5.46. The molecule has 146 valence electrons. The molecule has 0 atom stereocenters. The van der Waals surface area contributed by atoms with Gasteiger partial charge in [0.1, 0.15) is 11.5 Å². The molecule has 2 aromatic carbocycles. The summed E-state index contributed by atoms with van der Waals surface area (Å²) >= 11 is 1.50. The molecule has 0 fully saturated rings. The van der Waals surface area contributed by atoms with Gasteiger partial charge in [0, 0.05) is 16.5 Å². The molecule has 3 aromatic rings. The Balaban J connectivity index is 1.85. The lowest BCUT2D eigenvalue weighted by molar-refractivity contribution is 0.404. The zero-order valence-corrected chi connectivity index (χ0v) is 17.9. The molecule has 0 radical (unpaired) electrons. The lowest BCUT2D eigenvalue weighted by Crippen LogP contribution is -2.05. The van der Waals surface area contributed by atoms with E-state index in [0.717, 1.165) is 33.6 Å². The van der Waals surface area contributed by atoms with Crippen molar-refractivity contribution in [3.05, 3.63) is 58.0 Å². The number of anilines is 1. The first-order valence-corrected chi connectivity index (χ1v) is 9.87. The number of methoxy groups -OCH3 is 2. The van der Waals surface area contributed by atoms with Gasteiger partial charge in [-0.05, 0) is 57.0 Å². The van der Waals surface area contributed by atoms with Crippen LogP contribution in [-0.2, 0) is 0 Å². The number of aryl methyl sites for hydroxylation is 3. The van der Waals surface area contributed by atoms with Gasteiger partial charge in [0.15, 0.2) is 0 Å². The van der Waals surface area contributed by atoms with Crippen LogP contribution in [0.4, 0.5) is 5.13 Å². The van der Waals surface area contributed by atoms with Gasteiger partial charge < -0.3 is 9.47 Å². The zero-order valence-electron chi connectivity index (χ0n) is 17.1. The van der Waals surface area contributed by atoms with Crippen molar-refractivity contribution in [2.24, 2.45) is 5.10 Å². The van der Waals surface area contributed by atoms with Crippen LogP contribution in [0.5, 0.6) is 11.5 Å². The van der Waals surface area contributed by atoms with Crippen molar-refractivity contribution < 1.29 is 9.47 Å². The summed E-state index contributed by atoms with van der Waals surface area (Å²) in [4.78, 5) is 4.65. The second-order valence-corrected chi connectivity index (χ2v) is 7.54. The van der Waals surface area contributed by atoms with Gasteiger partial charge in [-0.2, -0.15) is 5.10 Å². The Labute approximate surface area is 170 Å². The van der Waals surface area contributed by atoms with E-state index in [9.17, 15) is 0 Å². The smallest absolute Gasteiger partial charge is 0.203 e. The van der Waals surface area contributed by atoms with Crippen LogP contribution in [0.15, 0.2) is 40.8 Å². The number of ether oxygens (including phenoxy) is 2. The van der Waals surface area contributed by atoms with E-state index in [-0.39, 0.29) is 0 Å². The van der Waals surface area contributed by atoms with E-state index in [1.54, 1.807) is 14.2 Å². The van der Waals surface area contributed by atoms with Gasteiger partial charge in [0.2, 0.25) is 5.13 Å². The first-order chi connectivity index (χ1) is 13.4. The summed E-state index contributed by atoms with van der Waals surface area (Å²) in [6.45, 7) is 8.35. The molecule has 1 aromatic heterocycles. The number of nitrogens with one attached hydrogen (secondary N) is 1. The highest BCUT2D eigenvalue weighted by molar-refractivity contribution is 7.14. The Hall–Kier alpha value is -2.86. The predicted octanol–water partition coefficient (Wildman–Crippen LogP) is 5.59. The van der Waals surface area contributed by atoms with E-state index in [4.69, 9.17) is 9.47 Å². The Bertz CT molecular complexity index is 1000. The molecule has 0 spiro atoms. The fraction of sp³-hybridized carbons (Fsp3) is 0.273. The molecule has 6 heteroatoms. The average molecular weight is 396 g/mol. The van der Waals surface area contributed by atoms with Crippen molar-refractivity contribution in [1.29, 1.82) is 0 Å². The van der Waals surface area contributed by atoms with Crippen LogP contribution >= 0.6 is 11.3 Å². The minimum Gasteiger partial charge on any atom is -0.497 e. The number of benzene rings is 2. The van der Waals surface area contributed by atoms with Gasteiger partial charge in [-0.15, -0.1) is 11.3 Å². The van der Waals surface area contributed by atoms with Gasteiger partial charge in [0.05, 0.1) is 25.6 Å². The summed E-state index contributed by atoms with van der Waals surface area (Å²) < 4.78 is 10.8. The summed E-state index contributed by atoms with van der Waals surface area (Å²) in [6.07, 6.45) is 0. The summed E-state index contributed by atoms with van der Waals surface area (Å²) in [7, 11) is 3.29. The van der Waals surface area contributed by atoms with Crippen LogP contribution in [0.25, 0.3) is 11.3 Å². The third kappa shape index (κ3) is 4.17. The molecule has 0 aliphatic rings. The quantitative estimate of drug-likeness (QED) is 0.437. The molecule has 0 amide bonds. The molecule has 0 saturated heterocycles. The van der Waals surface area contributed by atoms with Crippen molar-refractivity contribution >= 4 is 22.2 Å². The van der Waals surface area contributed by atoms with Gasteiger partial charge in [-0.3, -0.25) is 5.43 Å². The van der Waals surface area contributed by atoms with Gasteiger partial charge in [-0.1, -0.05) is 17.7 Å². The van der Waals surface area contributed by atoms with Crippen molar-refractivity contribution in [1.82, 2.24) is 4.98 Å². The highest BCUT2D eigenvalue weighted by Crippen LogP contribution is 2.35. The minimum absolute atomic E-state index is 0.724. The first-order valence-electron chi connectivity index (χ1n) is 8.99. The third-order valence-electron chi connectivity index (χ3n) is 4.54. The van der Waals surface area contributed by atoms with E-state index < -0.39 is 0 Å². The molecule has 1 N–H and O–H groups in total. The van der Waals surface area contributed by atoms with Crippen LogP contribution in [-0.4, -0.2) is 24.9 Å². The highest BCUT2D eigenvalue weighted by Gasteiger charge is 2.12. The Morgan fingerprint density at radius 2 is 1.75 bits per heavy atom.